The van der Waals surface area contributed by atoms with E-state index in [-0.39, 0.29) is 23.9 Å². The number of nitrogens with one attached hydrogen (secondary N) is 1. The maximum atomic E-state index is 12.1. The summed E-state index contributed by atoms with van der Waals surface area (Å²) in [5.74, 6) is -0.113. The summed E-state index contributed by atoms with van der Waals surface area (Å²) in [6.07, 6.45) is 2.01. The molecule has 0 saturated carbocycles. The molecule has 0 aromatic carbocycles. The highest BCUT2D eigenvalue weighted by Gasteiger charge is 2.38. The number of hydrogen-bond acceptors (Lipinski definition) is 4. The van der Waals surface area contributed by atoms with E-state index in [1.165, 1.54) is 9.78 Å². The molecule has 0 aliphatic carbocycles. The lowest BCUT2D eigenvalue weighted by atomic mass is 10.1. The number of imide groups is 1. The van der Waals surface area contributed by atoms with Crippen LogP contribution < -0.4 is 5.32 Å². The Bertz CT molecular complexity index is 444. The van der Waals surface area contributed by atoms with Crippen molar-refractivity contribution < 1.29 is 9.59 Å². The summed E-state index contributed by atoms with van der Waals surface area (Å²) in [5.41, 5.74) is 0. The van der Waals surface area contributed by atoms with Gasteiger partial charge >= 0.3 is 0 Å². The van der Waals surface area contributed by atoms with E-state index in [2.05, 4.69) is 23.7 Å². The van der Waals surface area contributed by atoms with E-state index >= 15 is 0 Å². The highest BCUT2D eigenvalue weighted by atomic mass is 32.1. The van der Waals surface area contributed by atoms with Crippen molar-refractivity contribution in [2.75, 3.05) is 6.54 Å². The smallest absolute Gasteiger partial charge is 0.246 e. The van der Waals surface area contributed by atoms with Gasteiger partial charge in [-0.3, -0.25) is 14.5 Å². The number of likely N-dealkylation sites (tertiary alicyclic amines) is 1. The van der Waals surface area contributed by atoms with E-state index in [0.717, 1.165) is 12.8 Å². The van der Waals surface area contributed by atoms with Crippen LogP contribution in [0.5, 0.6) is 0 Å². The molecular weight excluding hydrogens is 260 g/mol. The third-order valence-corrected chi connectivity index (χ3v) is 4.16. The van der Waals surface area contributed by atoms with Crippen LogP contribution in [0.2, 0.25) is 0 Å². The van der Waals surface area contributed by atoms with Gasteiger partial charge in [0.05, 0.1) is 12.5 Å². The number of thiophene rings is 1. The second-order valence-corrected chi connectivity index (χ2v) is 6.02. The molecule has 2 rings (SSSR count). The lowest BCUT2D eigenvalue weighted by Gasteiger charge is -2.18. The number of carbonyl (C=O) groups is 2. The third-order valence-electron chi connectivity index (χ3n) is 3.26. The zero-order valence-electron chi connectivity index (χ0n) is 11.4. The van der Waals surface area contributed by atoms with Crippen molar-refractivity contribution in [2.45, 2.75) is 45.2 Å². The molecule has 2 heterocycles. The first-order valence-electron chi connectivity index (χ1n) is 6.74. The molecule has 0 bridgehead atoms. The Hall–Kier alpha value is -1.20. The monoisotopic (exact) mass is 280 g/mol. The van der Waals surface area contributed by atoms with E-state index < -0.39 is 0 Å². The molecule has 1 N–H and O–H groups in total. The normalized spacial score (nSPS) is 21.2. The molecule has 104 valence electrons. The topological polar surface area (TPSA) is 49.4 Å². The van der Waals surface area contributed by atoms with Gasteiger partial charge < -0.3 is 5.32 Å². The fourth-order valence-corrected chi connectivity index (χ4v) is 3.24. The van der Waals surface area contributed by atoms with Crippen LogP contribution in [0.25, 0.3) is 0 Å². The van der Waals surface area contributed by atoms with Gasteiger partial charge in [-0.05, 0) is 31.2 Å². The molecule has 1 saturated heterocycles. The van der Waals surface area contributed by atoms with Gasteiger partial charge in [0, 0.05) is 17.5 Å². The number of hydrogen-bond donors (Lipinski definition) is 1. The first-order chi connectivity index (χ1) is 9.11. The second-order valence-electron chi connectivity index (χ2n) is 4.99. The maximum Gasteiger partial charge on any atom is 0.246 e. The highest BCUT2D eigenvalue weighted by molar-refractivity contribution is 7.09. The Labute approximate surface area is 117 Å². The van der Waals surface area contributed by atoms with Crippen LogP contribution in [0.15, 0.2) is 17.5 Å². The molecule has 2 unspecified atom stereocenters. The van der Waals surface area contributed by atoms with Gasteiger partial charge in [-0.1, -0.05) is 13.0 Å². The van der Waals surface area contributed by atoms with Gasteiger partial charge in [-0.15, -0.1) is 11.3 Å². The quantitative estimate of drug-likeness (QED) is 0.809. The Morgan fingerprint density at radius 1 is 1.53 bits per heavy atom. The fraction of sp³-hybridized carbons (Fsp3) is 0.571. The lowest BCUT2D eigenvalue weighted by Crippen LogP contribution is -2.43. The van der Waals surface area contributed by atoms with Gasteiger partial charge in [0.15, 0.2) is 0 Å². The van der Waals surface area contributed by atoms with Crippen molar-refractivity contribution in [3.8, 4) is 0 Å². The van der Waals surface area contributed by atoms with Gasteiger partial charge in [-0.2, -0.15) is 0 Å². The highest BCUT2D eigenvalue weighted by Crippen LogP contribution is 2.16. The molecular formula is C14H20N2O2S. The molecule has 0 spiro atoms. The van der Waals surface area contributed by atoms with Crippen LogP contribution in [-0.4, -0.2) is 35.3 Å². The number of carbonyl (C=O) groups excluding carboxylic acids is 2. The summed E-state index contributed by atoms with van der Waals surface area (Å²) in [6, 6.07) is 3.98. The van der Waals surface area contributed by atoms with E-state index in [9.17, 15) is 9.59 Å². The largest absolute Gasteiger partial charge is 0.303 e. The van der Waals surface area contributed by atoms with E-state index in [0.29, 0.717) is 13.0 Å². The molecule has 1 fully saturated rings. The van der Waals surface area contributed by atoms with Crippen LogP contribution in [0.3, 0.4) is 0 Å². The first kappa shape index (κ1) is 14.2. The summed E-state index contributed by atoms with van der Waals surface area (Å²) in [7, 11) is 0. The van der Waals surface area contributed by atoms with Crippen molar-refractivity contribution >= 4 is 23.2 Å². The van der Waals surface area contributed by atoms with Crippen molar-refractivity contribution in [3.05, 3.63) is 22.4 Å². The average Bonchev–Trinajstić information content (AvgIpc) is 2.94. The van der Waals surface area contributed by atoms with Crippen molar-refractivity contribution in [1.82, 2.24) is 10.2 Å². The van der Waals surface area contributed by atoms with Gasteiger partial charge in [0.2, 0.25) is 11.8 Å². The summed E-state index contributed by atoms with van der Waals surface area (Å²) in [4.78, 5) is 26.5. The number of rotatable bonds is 6. The third kappa shape index (κ3) is 3.42. The van der Waals surface area contributed by atoms with E-state index in [4.69, 9.17) is 0 Å². The molecule has 1 aromatic rings. The first-order valence-corrected chi connectivity index (χ1v) is 7.62. The van der Waals surface area contributed by atoms with E-state index in [1.807, 2.05) is 13.0 Å². The molecule has 0 radical (unpaired) electrons. The molecule has 19 heavy (non-hydrogen) atoms. The van der Waals surface area contributed by atoms with Crippen molar-refractivity contribution in [3.63, 3.8) is 0 Å². The molecule has 2 atom stereocenters. The zero-order chi connectivity index (χ0) is 13.8. The Balaban J connectivity index is 1.89. The van der Waals surface area contributed by atoms with Crippen LogP contribution in [0.1, 0.15) is 31.6 Å². The Morgan fingerprint density at radius 2 is 2.32 bits per heavy atom. The Morgan fingerprint density at radius 3 is 2.95 bits per heavy atom. The predicted octanol–water partition coefficient (Wildman–Crippen LogP) is 1.81. The SMILES string of the molecule is CCCN1C(=O)CC(NC(C)Cc2cccs2)C1=O. The van der Waals surface area contributed by atoms with Crippen LogP contribution in [0.4, 0.5) is 0 Å². The van der Waals surface area contributed by atoms with E-state index in [1.54, 1.807) is 11.3 Å². The fourth-order valence-electron chi connectivity index (χ4n) is 2.40. The van der Waals surface area contributed by atoms with Gasteiger partial charge in [0.25, 0.3) is 0 Å². The number of amides is 2. The standard InChI is InChI=1S/C14H20N2O2S/c1-3-6-16-13(17)9-12(14(16)18)15-10(2)8-11-5-4-7-19-11/h4-5,7,10,12,15H,3,6,8-9H2,1-2H3. The van der Waals surface area contributed by atoms with Crippen LogP contribution >= 0.6 is 11.3 Å². The van der Waals surface area contributed by atoms with Gasteiger partial charge in [0.1, 0.15) is 0 Å². The Kier molecular flexibility index (Phi) is 4.71. The zero-order valence-corrected chi connectivity index (χ0v) is 12.2. The summed E-state index contributed by atoms with van der Waals surface area (Å²) in [6.45, 7) is 4.57. The minimum absolute atomic E-state index is 0.0485. The minimum atomic E-state index is -0.339. The van der Waals surface area contributed by atoms with Crippen molar-refractivity contribution in [1.29, 1.82) is 0 Å². The molecule has 1 aliphatic heterocycles. The van der Waals surface area contributed by atoms with Crippen molar-refractivity contribution in [2.24, 2.45) is 0 Å². The molecule has 1 aliphatic rings. The summed E-state index contributed by atoms with van der Waals surface area (Å²) < 4.78 is 0. The number of nitrogens with zero attached hydrogens (tertiary/aromatic N) is 1. The maximum absolute atomic E-state index is 12.1. The molecule has 1 aromatic heterocycles. The summed E-state index contributed by atoms with van der Waals surface area (Å²) in [5, 5.41) is 5.33. The van der Waals surface area contributed by atoms with Crippen LogP contribution in [-0.2, 0) is 16.0 Å². The lowest BCUT2D eigenvalue weighted by molar-refractivity contribution is -0.138. The van der Waals surface area contributed by atoms with Crippen LogP contribution in [0, 0.1) is 0 Å². The molecule has 5 heteroatoms. The average molecular weight is 280 g/mol. The molecule has 4 nitrogen and oxygen atoms in total. The second kappa shape index (κ2) is 6.30. The van der Waals surface area contributed by atoms with Gasteiger partial charge in [-0.25, -0.2) is 0 Å². The summed E-state index contributed by atoms with van der Waals surface area (Å²) >= 11 is 1.72. The minimum Gasteiger partial charge on any atom is -0.303 e. The molecule has 2 amide bonds. The predicted molar refractivity (Wildman–Crippen MR) is 76.0 cm³/mol.